The van der Waals surface area contributed by atoms with Crippen LogP contribution in [0.1, 0.15) is 48.2 Å². The maximum atomic E-state index is 12.2. The highest BCUT2D eigenvalue weighted by Gasteiger charge is 2.34. The molecule has 1 heterocycles. The number of carbonyl (C=O) groups excluding carboxylic acids is 1. The first-order valence-corrected chi connectivity index (χ1v) is 6.17. The summed E-state index contributed by atoms with van der Waals surface area (Å²) in [5.74, 6) is -0.253. The Balaban J connectivity index is 2.16. The van der Waals surface area contributed by atoms with Gasteiger partial charge in [0.05, 0.1) is 17.3 Å². The van der Waals surface area contributed by atoms with Crippen molar-refractivity contribution in [1.82, 2.24) is 15.3 Å². The number of nitrogens with zero attached hydrogens (tertiary/aromatic N) is 3. The van der Waals surface area contributed by atoms with Gasteiger partial charge in [-0.1, -0.05) is 19.3 Å². The monoisotopic (exact) mass is 244 g/mol. The molecule has 1 amide bonds. The second-order valence-corrected chi connectivity index (χ2v) is 4.73. The van der Waals surface area contributed by atoms with Crippen molar-refractivity contribution in [3.63, 3.8) is 0 Å². The molecule has 0 aromatic carbocycles. The summed E-state index contributed by atoms with van der Waals surface area (Å²) in [7, 11) is 0. The van der Waals surface area contributed by atoms with E-state index in [9.17, 15) is 10.1 Å². The molecule has 1 aliphatic rings. The maximum Gasteiger partial charge on any atom is 0.255 e. The molecule has 5 nitrogen and oxygen atoms in total. The number of rotatable bonds is 2. The summed E-state index contributed by atoms with van der Waals surface area (Å²) in [6.45, 7) is 1.76. The van der Waals surface area contributed by atoms with E-state index in [-0.39, 0.29) is 5.91 Å². The van der Waals surface area contributed by atoms with Crippen LogP contribution >= 0.6 is 0 Å². The Labute approximate surface area is 106 Å². The van der Waals surface area contributed by atoms with Gasteiger partial charge in [0.1, 0.15) is 11.9 Å². The molecule has 0 aliphatic heterocycles. The fraction of sp³-hybridized carbons (Fsp3) is 0.538. The summed E-state index contributed by atoms with van der Waals surface area (Å²) in [6, 6.07) is 2.26. The van der Waals surface area contributed by atoms with Crippen LogP contribution in [0.25, 0.3) is 0 Å². The quantitative estimate of drug-likeness (QED) is 0.859. The van der Waals surface area contributed by atoms with Crippen molar-refractivity contribution in [2.24, 2.45) is 0 Å². The van der Waals surface area contributed by atoms with Gasteiger partial charge in [0.25, 0.3) is 5.91 Å². The van der Waals surface area contributed by atoms with Crippen LogP contribution in [-0.4, -0.2) is 21.4 Å². The van der Waals surface area contributed by atoms with E-state index < -0.39 is 5.54 Å². The fourth-order valence-corrected chi connectivity index (χ4v) is 2.32. The van der Waals surface area contributed by atoms with Gasteiger partial charge in [0, 0.05) is 6.20 Å². The number of nitrogens with one attached hydrogen (secondary N) is 1. The molecule has 2 rings (SSSR count). The van der Waals surface area contributed by atoms with E-state index in [0.717, 1.165) is 32.1 Å². The topological polar surface area (TPSA) is 78.7 Å². The summed E-state index contributed by atoms with van der Waals surface area (Å²) in [6.07, 6.45) is 7.45. The minimum atomic E-state index is -0.711. The van der Waals surface area contributed by atoms with Crippen LogP contribution in [0, 0.1) is 18.3 Å². The minimum Gasteiger partial charge on any atom is -0.334 e. The number of aryl methyl sites for hydroxylation is 1. The van der Waals surface area contributed by atoms with Crippen molar-refractivity contribution in [3.8, 4) is 6.07 Å². The lowest BCUT2D eigenvalue weighted by molar-refractivity contribution is 0.0901. The molecular formula is C13H16N4O. The van der Waals surface area contributed by atoms with Gasteiger partial charge >= 0.3 is 0 Å². The molecule has 1 aromatic heterocycles. The largest absolute Gasteiger partial charge is 0.334 e. The van der Waals surface area contributed by atoms with E-state index >= 15 is 0 Å². The first-order valence-electron chi connectivity index (χ1n) is 6.17. The molecule has 94 valence electrons. The normalized spacial score (nSPS) is 17.8. The molecule has 1 N–H and O–H groups in total. The van der Waals surface area contributed by atoms with Gasteiger partial charge in [0.15, 0.2) is 0 Å². The fourth-order valence-electron chi connectivity index (χ4n) is 2.32. The summed E-state index contributed by atoms with van der Waals surface area (Å²) >= 11 is 0. The van der Waals surface area contributed by atoms with E-state index in [2.05, 4.69) is 21.4 Å². The molecule has 0 unspecified atom stereocenters. The Morgan fingerprint density at radius 1 is 1.44 bits per heavy atom. The first kappa shape index (κ1) is 12.5. The van der Waals surface area contributed by atoms with Gasteiger partial charge in [-0.3, -0.25) is 4.79 Å². The lowest BCUT2D eigenvalue weighted by Crippen LogP contribution is -2.48. The molecule has 1 aliphatic carbocycles. The van der Waals surface area contributed by atoms with Crippen molar-refractivity contribution in [1.29, 1.82) is 5.26 Å². The average Bonchev–Trinajstić information content (AvgIpc) is 2.40. The third-order valence-corrected chi connectivity index (χ3v) is 3.43. The number of carbonyl (C=O) groups is 1. The van der Waals surface area contributed by atoms with Crippen LogP contribution in [0.5, 0.6) is 0 Å². The van der Waals surface area contributed by atoms with Crippen LogP contribution < -0.4 is 5.32 Å². The molecule has 1 aromatic rings. The average molecular weight is 244 g/mol. The van der Waals surface area contributed by atoms with Gasteiger partial charge in [0.2, 0.25) is 0 Å². The van der Waals surface area contributed by atoms with Crippen LogP contribution in [0.4, 0.5) is 0 Å². The third kappa shape index (κ3) is 2.48. The van der Waals surface area contributed by atoms with Crippen LogP contribution in [-0.2, 0) is 0 Å². The SMILES string of the molecule is Cc1ncncc1C(=O)NC1(C#N)CCCCC1. The van der Waals surface area contributed by atoms with E-state index in [0.29, 0.717) is 11.3 Å². The predicted molar refractivity (Wildman–Crippen MR) is 65.7 cm³/mol. The molecular weight excluding hydrogens is 228 g/mol. The van der Waals surface area contributed by atoms with Crippen LogP contribution in [0.3, 0.4) is 0 Å². The number of hydrogen-bond donors (Lipinski definition) is 1. The number of hydrogen-bond acceptors (Lipinski definition) is 4. The minimum absolute atomic E-state index is 0.253. The Bertz CT molecular complexity index is 486. The summed E-state index contributed by atoms with van der Waals surface area (Å²) in [4.78, 5) is 20.0. The predicted octanol–water partition coefficient (Wildman–Crippen LogP) is 1.74. The molecule has 1 fully saturated rings. The summed E-state index contributed by atoms with van der Waals surface area (Å²) < 4.78 is 0. The Morgan fingerprint density at radius 3 is 2.78 bits per heavy atom. The summed E-state index contributed by atoms with van der Waals surface area (Å²) in [5.41, 5.74) is 0.363. The highest BCUT2D eigenvalue weighted by Crippen LogP contribution is 2.27. The number of amides is 1. The van der Waals surface area contributed by atoms with Crippen LogP contribution in [0.15, 0.2) is 12.5 Å². The highest BCUT2D eigenvalue weighted by molar-refractivity contribution is 5.95. The second kappa shape index (κ2) is 5.13. The standard InChI is InChI=1S/C13H16N4O/c1-10-11(7-15-9-16-10)12(18)17-13(8-14)5-3-2-4-6-13/h7,9H,2-6H2,1H3,(H,17,18). The smallest absolute Gasteiger partial charge is 0.255 e. The molecule has 0 spiro atoms. The zero-order chi connectivity index (χ0) is 13.0. The number of aromatic nitrogens is 2. The highest BCUT2D eigenvalue weighted by atomic mass is 16.1. The van der Waals surface area contributed by atoms with Crippen molar-refractivity contribution in [2.75, 3.05) is 0 Å². The van der Waals surface area contributed by atoms with Gasteiger partial charge < -0.3 is 5.32 Å². The molecule has 0 saturated heterocycles. The molecule has 5 heteroatoms. The van der Waals surface area contributed by atoms with Gasteiger partial charge in [-0.15, -0.1) is 0 Å². The zero-order valence-electron chi connectivity index (χ0n) is 10.4. The second-order valence-electron chi connectivity index (χ2n) is 4.73. The lowest BCUT2D eigenvalue weighted by Gasteiger charge is -2.31. The van der Waals surface area contributed by atoms with Gasteiger partial charge in [-0.05, 0) is 19.8 Å². The van der Waals surface area contributed by atoms with E-state index in [1.807, 2.05) is 0 Å². The molecule has 0 radical (unpaired) electrons. The Kier molecular flexibility index (Phi) is 3.56. The van der Waals surface area contributed by atoms with E-state index in [4.69, 9.17) is 0 Å². The van der Waals surface area contributed by atoms with Crippen molar-refractivity contribution in [2.45, 2.75) is 44.6 Å². The molecule has 0 atom stereocenters. The maximum absolute atomic E-state index is 12.2. The third-order valence-electron chi connectivity index (χ3n) is 3.43. The van der Waals surface area contributed by atoms with E-state index in [1.54, 1.807) is 6.92 Å². The Hall–Kier alpha value is -1.96. The molecule has 1 saturated carbocycles. The Morgan fingerprint density at radius 2 is 2.17 bits per heavy atom. The van der Waals surface area contributed by atoms with Crippen LogP contribution in [0.2, 0.25) is 0 Å². The first-order chi connectivity index (χ1) is 8.67. The van der Waals surface area contributed by atoms with Gasteiger partial charge in [-0.2, -0.15) is 5.26 Å². The van der Waals surface area contributed by atoms with Gasteiger partial charge in [-0.25, -0.2) is 9.97 Å². The molecule has 18 heavy (non-hydrogen) atoms. The molecule has 0 bridgehead atoms. The summed E-state index contributed by atoms with van der Waals surface area (Å²) in [5, 5.41) is 12.2. The van der Waals surface area contributed by atoms with Crippen molar-refractivity contribution < 1.29 is 4.79 Å². The lowest BCUT2D eigenvalue weighted by atomic mass is 9.82. The number of nitriles is 1. The van der Waals surface area contributed by atoms with Crippen molar-refractivity contribution in [3.05, 3.63) is 23.8 Å². The zero-order valence-corrected chi connectivity index (χ0v) is 10.4. The van der Waals surface area contributed by atoms with E-state index in [1.165, 1.54) is 12.5 Å². The van der Waals surface area contributed by atoms with Crippen molar-refractivity contribution >= 4 is 5.91 Å².